The van der Waals surface area contributed by atoms with Crippen molar-refractivity contribution in [2.45, 2.75) is 91.9 Å². The van der Waals surface area contributed by atoms with E-state index < -0.39 is 0 Å². The zero-order valence-electron chi connectivity index (χ0n) is 16.2. The lowest BCUT2D eigenvalue weighted by Crippen LogP contribution is -2.19. The standard InChI is InChI=1S/C22H36/c1-16(2)12-10-11-13-18-15-19(21(4,5)6)17(3)14-20(18)22(7,8)9/h14-15H,1,10-13H2,2-9H3. The molecule has 0 saturated carbocycles. The molecular formula is C22H36. The van der Waals surface area contributed by atoms with Crippen LogP contribution < -0.4 is 0 Å². The summed E-state index contributed by atoms with van der Waals surface area (Å²) in [6.45, 7) is 22.3. The molecule has 0 nitrogen and oxygen atoms in total. The smallest absolute Gasteiger partial charge is 0.0129 e. The summed E-state index contributed by atoms with van der Waals surface area (Å²) in [5.74, 6) is 0. The Balaban J connectivity index is 3.12. The second-order valence-electron chi connectivity index (χ2n) is 8.99. The summed E-state index contributed by atoms with van der Waals surface area (Å²) >= 11 is 0. The molecule has 0 aliphatic carbocycles. The fraction of sp³-hybridized carbons (Fsp3) is 0.636. The third-order valence-electron chi connectivity index (χ3n) is 4.37. The molecule has 0 atom stereocenters. The van der Waals surface area contributed by atoms with Crippen LogP contribution in [-0.2, 0) is 17.3 Å². The van der Waals surface area contributed by atoms with E-state index in [1.54, 1.807) is 5.56 Å². The Bertz CT molecular complexity index is 518. The van der Waals surface area contributed by atoms with E-state index in [4.69, 9.17) is 0 Å². The first-order chi connectivity index (χ1) is 9.93. The third kappa shape index (κ3) is 5.30. The molecule has 124 valence electrons. The van der Waals surface area contributed by atoms with Gasteiger partial charge in [-0.1, -0.05) is 59.2 Å². The van der Waals surface area contributed by atoms with Crippen LogP contribution in [-0.4, -0.2) is 0 Å². The molecular weight excluding hydrogens is 264 g/mol. The van der Waals surface area contributed by atoms with Gasteiger partial charge >= 0.3 is 0 Å². The molecule has 0 spiro atoms. The highest BCUT2D eigenvalue weighted by atomic mass is 14.3. The quantitative estimate of drug-likeness (QED) is 0.411. The normalized spacial score (nSPS) is 12.5. The topological polar surface area (TPSA) is 0 Å². The first-order valence-corrected chi connectivity index (χ1v) is 8.72. The van der Waals surface area contributed by atoms with E-state index in [0.29, 0.717) is 0 Å². The van der Waals surface area contributed by atoms with E-state index >= 15 is 0 Å². The van der Waals surface area contributed by atoms with E-state index in [0.717, 1.165) is 6.42 Å². The maximum atomic E-state index is 4.01. The average Bonchev–Trinajstić information content (AvgIpc) is 2.32. The SMILES string of the molecule is C=C(C)CCCCc1cc(C(C)(C)C)c(C)cc1C(C)(C)C. The summed E-state index contributed by atoms with van der Waals surface area (Å²) in [7, 11) is 0. The number of rotatable bonds is 5. The molecule has 0 heteroatoms. The lowest BCUT2D eigenvalue weighted by Gasteiger charge is -2.29. The van der Waals surface area contributed by atoms with Crippen molar-refractivity contribution < 1.29 is 0 Å². The van der Waals surface area contributed by atoms with Crippen LogP contribution in [0.4, 0.5) is 0 Å². The Morgan fingerprint density at radius 1 is 0.909 bits per heavy atom. The number of aryl methyl sites for hydroxylation is 2. The van der Waals surface area contributed by atoms with Gasteiger partial charge in [0, 0.05) is 0 Å². The van der Waals surface area contributed by atoms with Crippen molar-refractivity contribution in [1.29, 1.82) is 0 Å². The summed E-state index contributed by atoms with van der Waals surface area (Å²) in [6, 6.07) is 4.92. The first-order valence-electron chi connectivity index (χ1n) is 8.72. The number of hydrogen-bond donors (Lipinski definition) is 0. The predicted molar refractivity (Wildman–Crippen MR) is 101 cm³/mol. The van der Waals surface area contributed by atoms with Crippen molar-refractivity contribution >= 4 is 0 Å². The minimum Gasteiger partial charge on any atom is -0.100 e. The summed E-state index contributed by atoms with van der Waals surface area (Å²) in [5.41, 5.74) is 7.73. The van der Waals surface area contributed by atoms with Crippen molar-refractivity contribution in [3.05, 3.63) is 46.5 Å². The van der Waals surface area contributed by atoms with E-state index in [1.165, 1.54) is 41.5 Å². The predicted octanol–water partition coefficient (Wildman–Crippen LogP) is 6.88. The van der Waals surface area contributed by atoms with Crippen LogP contribution >= 0.6 is 0 Å². The molecule has 0 aromatic heterocycles. The van der Waals surface area contributed by atoms with Crippen molar-refractivity contribution in [2.24, 2.45) is 0 Å². The first kappa shape index (κ1) is 19.0. The van der Waals surface area contributed by atoms with Gasteiger partial charge in [-0.25, -0.2) is 0 Å². The highest BCUT2D eigenvalue weighted by Gasteiger charge is 2.23. The van der Waals surface area contributed by atoms with Crippen LogP contribution in [0.1, 0.15) is 90.0 Å². The average molecular weight is 301 g/mol. The summed E-state index contributed by atoms with van der Waals surface area (Å²) in [5, 5.41) is 0. The van der Waals surface area contributed by atoms with Crippen LogP contribution in [0.3, 0.4) is 0 Å². The second kappa shape index (κ2) is 7.02. The van der Waals surface area contributed by atoms with Gasteiger partial charge in [0.25, 0.3) is 0 Å². The van der Waals surface area contributed by atoms with Gasteiger partial charge in [0.05, 0.1) is 0 Å². The minimum absolute atomic E-state index is 0.213. The van der Waals surface area contributed by atoms with Crippen LogP contribution in [0.2, 0.25) is 0 Å². The largest absolute Gasteiger partial charge is 0.100 e. The van der Waals surface area contributed by atoms with Crippen molar-refractivity contribution in [2.75, 3.05) is 0 Å². The maximum absolute atomic E-state index is 4.01. The van der Waals surface area contributed by atoms with Crippen LogP contribution in [0.25, 0.3) is 0 Å². The highest BCUT2D eigenvalue weighted by molar-refractivity contribution is 5.44. The zero-order chi connectivity index (χ0) is 17.1. The van der Waals surface area contributed by atoms with E-state index in [2.05, 4.69) is 74.1 Å². The Kier molecular flexibility index (Phi) is 6.07. The lowest BCUT2D eigenvalue weighted by molar-refractivity contribution is 0.563. The molecule has 0 aliphatic rings. The van der Waals surface area contributed by atoms with E-state index in [1.807, 2.05) is 0 Å². The Morgan fingerprint density at radius 3 is 1.91 bits per heavy atom. The Hall–Kier alpha value is -1.04. The zero-order valence-corrected chi connectivity index (χ0v) is 16.2. The lowest BCUT2D eigenvalue weighted by atomic mass is 9.76. The molecule has 0 N–H and O–H groups in total. The van der Waals surface area contributed by atoms with Crippen LogP contribution in [0, 0.1) is 6.92 Å². The molecule has 1 aromatic rings. The van der Waals surface area contributed by atoms with Crippen molar-refractivity contribution in [3.8, 4) is 0 Å². The van der Waals surface area contributed by atoms with Crippen LogP contribution in [0.15, 0.2) is 24.3 Å². The fourth-order valence-corrected chi connectivity index (χ4v) is 3.21. The van der Waals surface area contributed by atoms with Gasteiger partial charge in [0.2, 0.25) is 0 Å². The molecule has 1 rings (SSSR count). The number of hydrogen-bond acceptors (Lipinski definition) is 0. The molecule has 0 heterocycles. The molecule has 22 heavy (non-hydrogen) atoms. The molecule has 0 fully saturated rings. The third-order valence-corrected chi connectivity index (χ3v) is 4.37. The summed E-state index contributed by atoms with van der Waals surface area (Å²) < 4.78 is 0. The van der Waals surface area contributed by atoms with E-state index in [-0.39, 0.29) is 10.8 Å². The van der Waals surface area contributed by atoms with Crippen molar-refractivity contribution in [1.82, 2.24) is 0 Å². The van der Waals surface area contributed by atoms with Gasteiger partial charge in [0.15, 0.2) is 0 Å². The molecule has 0 bridgehead atoms. The second-order valence-corrected chi connectivity index (χ2v) is 8.99. The van der Waals surface area contributed by atoms with Crippen molar-refractivity contribution in [3.63, 3.8) is 0 Å². The van der Waals surface area contributed by atoms with E-state index in [9.17, 15) is 0 Å². The summed E-state index contributed by atoms with van der Waals surface area (Å²) in [6.07, 6.45) is 4.84. The molecule has 0 aliphatic heterocycles. The number of benzene rings is 1. The van der Waals surface area contributed by atoms with Gasteiger partial charge in [0.1, 0.15) is 0 Å². The molecule has 1 aromatic carbocycles. The van der Waals surface area contributed by atoms with Gasteiger partial charge in [-0.15, -0.1) is 6.58 Å². The molecule has 0 unspecified atom stereocenters. The molecule has 0 radical (unpaired) electrons. The van der Waals surface area contributed by atoms with Gasteiger partial charge in [-0.05, 0) is 72.6 Å². The minimum atomic E-state index is 0.213. The van der Waals surface area contributed by atoms with Gasteiger partial charge < -0.3 is 0 Å². The summed E-state index contributed by atoms with van der Waals surface area (Å²) in [4.78, 5) is 0. The Morgan fingerprint density at radius 2 is 1.45 bits per heavy atom. The highest BCUT2D eigenvalue weighted by Crippen LogP contribution is 2.34. The maximum Gasteiger partial charge on any atom is -0.0129 e. The monoisotopic (exact) mass is 300 g/mol. The Labute approximate surface area is 139 Å². The van der Waals surface area contributed by atoms with Gasteiger partial charge in [-0.3, -0.25) is 0 Å². The van der Waals surface area contributed by atoms with Gasteiger partial charge in [-0.2, -0.15) is 0 Å². The molecule has 0 amide bonds. The number of unbranched alkanes of at least 4 members (excludes halogenated alkanes) is 1. The number of allylic oxidation sites excluding steroid dienone is 1. The van der Waals surface area contributed by atoms with Crippen LogP contribution in [0.5, 0.6) is 0 Å². The fourth-order valence-electron chi connectivity index (χ4n) is 3.21. The molecule has 0 saturated heterocycles.